The molecule has 4 amide bonds. The van der Waals surface area contributed by atoms with Crippen molar-refractivity contribution in [3.8, 4) is 5.75 Å². The molecule has 0 radical (unpaired) electrons. The van der Waals surface area contributed by atoms with Crippen molar-refractivity contribution in [2.24, 2.45) is 17.4 Å². The van der Waals surface area contributed by atoms with Crippen LogP contribution in [0.25, 0.3) is 10.9 Å². The third-order valence-corrected chi connectivity index (χ3v) is 9.62. The number of hydrogen-bond acceptors (Lipinski definition) is 6. The van der Waals surface area contributed by atoms with Gasteiger partial charge in [-0.05, 0) is 91.3 Å². The number of aryl methyl sites for hydroxylation is 2. The molecule has 1 saturated carbocycles. The van der Waals surface area contributed by atoms with Crippen LogP contribution in [-0.4, -0.2) is 57.9 Å². The molecular weight excluding hydrogens is 639 g/mol. The SMILES string of the molecule is Cc1cc(O)cc(C)c1C[C@H](N)C(=O)N[C@@H]1CCCC[C@@H]1C(=O)N[C@@H](Cc1c[nH]c2ccccc12)C(=O)N[C@@H](Cc1ccc(F)cc1)C(N)=O. The zero-order chi connectivity index (χ0) is 35.9. The quantitative estimate of drug-likeness (QED) is 0.113. The average Bonchev–Trinajstić information content (AvgIpc) is 3.49. The van der Waals surface area contributed by atoms with E-state index in [4.69, 9.17) is 11.5 Å². The first kappa shape index (κ1) is 36.1. The van der Waals surface area contributed by atoms with Crippen LogP contribution < -0.4 is 27.4 Å². The van der Waals surface area contributed by atoms with E-state index in [1.165, 1.54) is 24.3 Å². The van der Waals surface area contributed by atoms with E-state index in [1.807, 2.05) is 38.1 Å². The molecule has 0 spiro atoms. The molecule has 1 aromatic heterocycles. The number of carbonyl (C=O) groups excluding carboxylic acids is 4. The number of aromatic hydroxyl groups is 1. The van der Waals surface area contributed by atoms with E-state index in [1.54, 1.807) is 18.3 Å². The highest BCUT2D eigenvalue weighted by atomic mass is 19.1. The molecule has 5 atom stereocenters. The van der Waals surface area contributed by atoms with E-state index in [0.29, 0.717) is 18.4 Å². The molecule has 0 unspecified atom stereocenters. The van der Waals surface area contributed by atoms with Crippen LogP contribution in [0.2, 0.25) is 0 Å². The number of amides is 4. The number of para-hydroxylation sites is 1. The Bertz CT molecular complexity index is 1830. The Hall–Kier alpha value is -5.23. The number of phenols is 1. The fraction of sp³-hybridized carbons (Fsp3) is 0.368. The first-order valence-electron chi connectivity index (χ1n) is 16.9. The lowest BCUT2D eigenvalue weighted by molar-refractivity contribution is -0.134. The number of phenolic OH excluding ortho intramolecular Hbond substituents is 1. The number of carbonyl (C=O) groups is 4. The number of halogens is 1. The maximum Gasteiger partial charge on any atom is 0.243 e. The molecule has 9 N–H and O–H groups in total. The number of fused-ring (bicyclic) bond motifs is 1. The van der Waals surface area contributed by atoms with Gasteiger partial charge in [-0.2, -0.15) is 0 Å². The minimum atomic E-state index is -1.11. The van der Waals surface area contributed by atoms with E-state index in [9.17, 15) is 28.7 Å². The van der Waals surface area contributed by atoms with Gasteiger partial charge in [0.05, 0.1) is 12.0 Å². The van der Waals surface area contributed by atoms with Crippen molar-refractivity contribution in [1.29, 1.82) is 0 Å². The van der Waals surface area contributed by atoms with E-state index in [0.717, 1.165) is 46.0 Å². The third kappa shape index (κ3) is 8.86. The minimum Gasteiger partial charge on any atom is -0.508 e. The highest BCUT2D eigenvalue weighted by Gasteiger charge is 2.36. The highest BCUT2D eigenvalue weighted by molar-refractivity contribution is 5.93. The van der Waals surface area contributed by atoms with Gasteiger partial charge in [-0.25, -0.2) is 4.39 Å². The summed E-state index contributed by atoms with van der Waals surface area (Å²) in [6.45, 7) is 3.71. The van der Waals surface area contributed by atoms with Crippen molar-refractivity contribution >= 4 is 34.5 Å². The number of primary amides is 1. The molecule has 3 aromatic carbocycles. The van der Waals surface area contributed by atoms with Crippen molar-refractivity contribution < 1.29 is 28.7 Å². The lowest BCUT2D eigenvalue weighted by atomic mass is 9.83. The Balaban J connectivity index is 1.32. The number of hydrogen-bond donors (Lipinski definition) is 7. The summed E-state index contributed by atoms with van der Waals surface area (Å²) in [4.78, 5) is 56.8. The van der Waals surface area contributed by atoms with Gasteiger partial charge in [-0.15, -0.1) is 0 Å². The van der Waals surface area contributed by atoms with Crippen LogP contribution in [0, 0.1) is 25.6 Å². The largest absolute Gasteiger partial charge is 0.508 e. The van der Waals surface area contributed by atoms with Crippen LogP contribution in [0.4, 0.5) is 4.39 Å². The Labute approximate surface area is 290 Å². The number of benzene rings is 3. The van der Waals surface area contributed by atoms with Gasteiger partial charge in [0.2, 0.25) is 23.6 Å². The number of nitrogens with two attached hydrogens (primary N) is 2. The standard InChI is InChI=1S/C38H45FN6O5/c1-21-15-26(46)16-22(2)29(21)19-30(40)37(49)43-32-10-6-4-8-28(32)36(48)45-34(18-24-20-42-31-9-5-3-7-27(24)31)38(50)44-33(35(41)47)17-23-11-13-25(39)14-12-23/h3,5,7,9,11-16,20,28,30,32-34,42,46H,4,6,8,10,17-19,40H2,1-2H3,(H2,41,47)(H,43,49)(H,44,50)(H,45,48)/t28-,30-,32+,33-,34-/m0/s1. The number of aromatic nitrogens is 1. The smallest absolute Gasteiger partial charge is 0.243 e. The number of H-pyrrole nitrogens is 1. The van der Waals surface area contributed by atoms with E-state index < -0.39 is 53.6 Å². The lowest BCUT2D eigenvalue weighted by Gasteiger charge is -2.33. The second kappa shape index (κ2) is 16.0. The predicted octanol–water partition coefficient (Wildman–Crippen LogP) is 3.11. The summed E-state index contributed by atoms with van der Waals surface area (Å²) in [5.74, 6) is -3.08. The Morgan fingerprint density at radius 1 is 0.900 bits per heavy atom. The summed E-state index contributed by atoms with van der Waals surface area (Å²) in [6, 6.07) is 12.8. The topological polar surface area (TPSA) is 192 Å². The van der Waals surface area contributed by atoms with Gasteiger partial charge in [0.25, 0.3) is 0 Å². The minimum absolute atomic E-state index is 0.0370. The van der Waals surface area contributed by atoms with E-state index >= 15 is 0 Å². The maximum absolute atomic E-state index is 14.0. The van der Waals surface area contributed by atoms with Crippen LogP contribution >= 0.6 is 0 Å². The molecule has 5 rings (SSSR count). The van der Waals surface area contributed by atoms with Gasteiger partial charge in [0.15, 0.2) is 0 Å². The second-order valence-electron chi connectivity index (χ2n) is 13.3. The van der Waals surface area contributed by atoms with Crippen molar-refractivity contribution in [2.45, 2.75) is 83.0 Å². The van der Waals surface area contributed by atoms with Gasteiger partial charge in [-0.1, -0.05) is 43.2 Å². The molecule has 4 aromatic rings. The molecule has 1 heterocycles. The molecule has 0 aliphatic heterocycles. The first-order valence-corrected chi connectivity index (χ1v) is 16.9. The molecule has 1 fully saturated rings. The Morgan fingerprint density at radius 3 is 2.28 bits per heavy atom. The van der Waals surface area contributed by atoms with Gasteiger partial charge in [0, 0.05) is 36.0 Å². The van der Waals surface area contributed by atoms with Crippen LogP contribution in [0.3, 0.4) is 0 Å². The van der Waals surface area contributed by atoms with Crippen molar-refractivity contribution in [3.63, 3.8) is 0 Å². The summed E-state index contributed by atoms with van der Waals surface area (Å²) in [7, 11) is 0. The molecule has 50 heavy (non-hydrogen) atoms. The van der Waals surface area contributed by atoms with Gasteiger partial charge >= 0.3 is 0 Å². The zero-order valence-electron chi connectivity index (χ0n) is 28.3. The number of aromatic amines is 1. The molecule has 0 bridgehead atoms. The molecule has 12 heteroatoms. The lowest BCUT2D eigenvalue weighted by Crippen LogP contribution is -2.57. The average molecular weight is 685 g/mol. The predicted molar refractivity (Wildman–Crippen MR) is 188 cm³/mol. The van der Waals surface area contributed by atoms with E-state index in [2.05, 4.69) is 20.9 Å². The molecule has 11 nitrogen and oxygen atoms in total. The Morgan fingerprint density at radius 2 is 1.58 bits per heavy atom. The summed E-state index contributed by atoms with van der Waals surface area (Å²) in [6.07, 6.45) is 4.83. The van der Waals surface area contributed by atoms with Crippen LogP contribution in [-0.2, 0) is 38.4 Å². The Kier molecular flexibility index (Phi) is 11.5. The highest BCUT2D eigenvalue weighted by Crippen LogP contribution is 2.27. The van der Waals surface area contributed by atoms with Gasteiger partial charge in [0.1, 0.15) is 23.7 Å². The number of nitrogens with one attached hydrogen (secondary N) is 4. The fourth-order valence-corrected chi connectivity index (χ4v) is 6.87. The normalized spacial score (nSPS) is 17.8. The zero-order valence-corrected chi connectivity index (χ0v) is 28.3. The second-order valence-corrected chi connectivity index (χ2v) is 13.3. The summed E-state index contributed by atoms with van der Waals surface area (Å²) in [5.41, 5.74) is 16.8. The summed E-state index contributed by atoms with van der Waals surface area (Å²) in [5, 5.41) is 19.4. The van der Waals surface area contributed by atoms with Crippen molar-refractivity contribution in [2.75, 3.05) is 0 Å². The maximum atomic E-state index is 14.0. The fourth-order valence-electron chi connectivity index (χ4n) is 6.87. The van der Waals surface area contributed by atoms with Gasteiger partial charge in [-0.3, -0.25) is 19.2 Å². The van der Waals surface area contributed by atoms with Gasteiger partial charge < -0.3 is 37.5 Å². The van der Waals surface area contributed by atoms with Crippen molar-refractivity contribution in [1.82, 2.24) is 20.9 Å². The monoisotopic (exact) mass is 684 g/mol. The van der Waals surface area contributed by atoms with Crippen molar-refractivity contribution in [3.05, 3.63) is 100 Å². The van der Waals surface area contributed by atoms with Crippen LogP contribution in [0.15, 0.2) is 66.9 Å². The first-order chi connectivity index (χ1) is 23.9. The van der Waals surface area contributed by atoms with Crippen LogP contribution in [0.1, 0.15) is 53.5 Å². The molecule has 1 aliphatic rings. The number of rotatable bonds is 13. The molecule has 0 saturated heterocycles. The summed E-state index contributed by atoms with van der Waals surface area (Å²) >= 11 is 0. The molecule has 264 valence electrons. The molecule has 1 aliphatic carbocycles. The van der Waals surface area contributed by atoms with E-state index in [-0.39, 0.29) is 30.9 Å². The third-order valence-electron chi connectivity index (χ3n) is 9.62. The molecular formula is C38H45FN6O5. The summed E-state index contributed by atoms with van der Waals surface area (Å²) < 4.78 is 13.5. The van der Waals surface area contributed by atoms with Crippen LogP contribution in [0.5, 0.6) is 5.75 Å².